The third-order valence-corrected chi connectivity index (χ3v) is 5.05. The highest BCUT2D eigenvalue weighted by atomic mass is 16.1. The second kappa shape index (κ2) is 8.30. The van der Waals surface area contributed by atoms with Gasteiger partial charge >= 0.3 is 0 Å². The van der Waals surface area contributed by atoms with Gasteiger partial charge in [0.1, 0.15) is 11.3 Å². The number of aryl methyl sites for hydroxylation is 2. The molecule has 1 amide bonds. The molecule has 0 atom stereocenters. The van der Waals surface area contributed by atoms with Crippen molar-refractivity contribution in [1.29, 1.82) is 5.41 Å². The van der Waals surface area contributed by atoms with Crippen molar-refractivity contribution in [1.82, 2.24) is 14.5 Å². The molecule has 0 saturated heterocycles. The summed E-state index contributed by atoms with van der Waals surface area (Å²) < 4.78 is 2.27. The van der Waals surface area contributed by atoms with Crippen LogP contribution in [0.4, 0.5) is 11.8 Å². The zero-order valence-corrected chi connectivity index (χ0v) is 16.8. The molecule has 3 aromatic rings. The fourth-order valence-corrected chi connectivity index (χ4v) is 3.46. The summed E-state index contributed by atoms with van der Waals surface area (Å²) in [5.74, 6) is -0.639. The third kappa shape index (κ3) is 4.21. The Morgan fingerprint density at radius 2 is 1.97 bits per heavy atom. The first kappa shape index (κ1) is 20.3. The molecule has 8 nitrogen and oxygen atoms in total. The lowest BCUT2D eigenvalue weighted by Gasteiger charge is -2.15. The summed E-state index contributed by atoms with van der Waals surface area (Å²) >= 11 is 0. The molecule has 0 aliphatic heterocycles. The first-order valence-corrected chi connectivity index (χ1v) is 9.75. The fourth-order valence-electron chi connectivity index (χ4n) is 3.46. The minimum atomic E-state index is -0.664. The number of pyridine rings is 1. The van der Waals surface area contributed by atoms with E-state index in [1.165, 1.54) is 35.7 Å². The molecule has 8 heteroatoms. The van der Waals surface area contributed by atoms with Crippen molar-refractivity contribution >= 4 is 28.4 Å². The molecular formula is C21H27N7O. The van der Waals surface area contributed by atoms with Gasteiger partial charge in [0, 0.05) is 23.3 Å². The number of nitrogens with two attached hydrogens (primary N) is 3. The van der Waals surface area contributed by atoms with Gasteiger partial charge in [-0.25, -0.2) is 4.98 Å². The first-order chi connectivity index (χ1) is 13.9. The van der Waals surface area contributed by atoms with Crippen LogP contribution in [-0.4, -0.2) is 20.4 Å². The van der Waals surface area contributed by atoms with Gasteiger partial charge < -0.3 is 21.8 Å². The number of benzene rings is 1. The van der Waals surface area contributed by atoms with Gasteiger partial charge in [0.25, 0.3) is 5.91 Å². The number of nitrogens with one attached hydrogen (secondary N) is 1. The zero-order valence-electron chi connectivity index (χ0n) is 16.8. The number of nitrogens with zero attached hydrogens (tertiary/aromatic N) is 3. The van der Waals surface area contributed by atoms with Crippen LogP contribution in [0.3, 0.4) is 0 Å². The Labute approximate surface area is 169 Å². The summed E-state index contributed by atoms with van der Waals surface area (Å²) in [5.41, 5.74) is 18.8. The highest BCUT2D eigenvalue weighted by Crippen LogP contribution is 2.35. The van der Waals surface area contributed by atoms with Crippen LogP contribution in [0.2, 0.25) is 0 Å². The molecule has 152 valence electrons. The Balaban J connectivity index is 0.000000188. The molecule has 0 bridgehead atoms. The van der Waals surface area contributed by atoms with Crippen LogP contribution in [0.25, 0.3) is 10.8 Å². The zero-order chi connectivity index (χ0) is 21.1. The van der Waals surface area contributed by atoms with Gasteiger partial charge in [-0.05, 0) is 42.7 Å². The third-order valence-electron chi connectivity index (χ3n) is 5.05. The highest BCUT2D eigenvalue weighted by Gasteiger charge is 2.26. The Bertz CT molecular complexity index is 1120. The van der Waals surface area contributed by atoms with Crippen molar-refractivity contribution in [2.75, 3.05) is 11.5 Å². The molecule has 1 aliphatic rings. The normalized spacial score (nSPS) is 13.0. The molecule has 4 rings (SSSR count). The van der Waals surface area contributed by atoms with Crippen LogP contribution < -0.4 is 22.7 Å². The minimum absolute atomic E-state index is 0.00463. The van der Waals surface area contributed by atoms with Crippen molar-refractivity contribution in [3.63, 3.8) is 0 Å². The molecule has 2 aromatic heterocycles. The number of fused-ring (bicyclic) bond motifs is 1. The molecule has 0 radical (unpaired) electrons. The van der Waals surface area contributed by atoms with E-state index in [1.807, 2.05) is 0 Å². The van der Waals surface area contributed by atoms with E-state index in [0.29, 0.717) is 6.04 Å². The molecule has 1 aliphatic carbocycles. The number of carbonyl (C=O) groups excluding carboxylic acids is 1. The summed E-state index contributed by atoms with van der Waals surface area (Å²) in [6.45, 7) is 4.35. The van der Waals surface area contributed by atoms with Crippen LogP contribution in [0.1, 0.15) is 54.3 Å². The van der Waals surface area contributed by atoms with Crippen LogP contribution in [-0.2, 0) is 12.8 Å². The Hall–Kier alpha value is -3.42. The Kier molecular flexibility index (Phi) is 5.81. The molecule has 0 unspecified atom stereocenters. The quantitative estimate of drug-likeness (QED) is 0.536. The molecule has 2 heterocycles. The number of nitrogen functional groups attached to an aromatic ring is 2. The largest absolute Gasteiger partial charge is 0.383 e. The minimum Gasteiger partial charge on any atom is -0.383 e. The van der Waals surface area contributed by atoms with E-state index in [9.17, 15) is 4.79 Å². The molecule has 29 heavy (non-hydrogen) atoms. The summed E-state index contributed by atoms with van der Waals surface area (Å²) in [5, 5.41) is 10.9. The predicted molar refractivity (Wildman–Crippen MR) is 114 cm³/mol. The van der Waals surface area contributed by atoms with E-state index < -0.39 is 5.91 Å². The van der Waals surface area contributed by atoms with Crippen LogP contribution >= 0.6 is 0 Å². The Morgan fingerprint density at radius 1 is 1.24 bits per heavy atom. The number of hydrogen-bond acceptors (Lipinski definition) is 6. The maximum absolute atomic E-state index is 10.6. The smallest absolute Gasteiger partial charge is 0.254 e. The lowest BCUT2D eigenvalue weighted by atomic mass is 10.0. The summed E-state index contributed by atoms with van der Waals surface area (Å²) in [7, 11) is 0. The molecule has 7 N–H and O–H groups in total. The summed E-state index contributed by atoms with van der Waals surface area (Å²) in [4.78, 5) is 17.6. The molecular weight excluding hydrogens is 366 g/mol. The number of anilines is 2. The lowest BCUT2D eigenvalue weighted by Crippen LogP contribution is -2.23. The van der Waals surface area contributed by atoms with E-state index in [4.69, 9.17) is 22.6 Å². The van der Waals surface area contributed by atoms with Crippen LogP contribution in [0.15, 0.2) is 30.5 Å². The number of hydrogen-bond donors (Lipinski definition) is 4. The maximum atomic E-state index is 10.6. The van der Waals surface area contributed by atoms with Gasteiger partial charge in [0.05, 0.1) is 5.56 Å². The molecule has 1 saturated carbocycles. The molecule has 0 spiro atoms. The van der Waals surface area contributed by atoms with Crippen molar-refractivity contribution < 1.29 is 4.79 Å². The highest BCUT2D eigenvalue weighted by molar-refractivity contribution is 5.96. The average Bonchev–Trinajstić information content (AvgIpc) is 3.52. The first-order valence-electron chi connectivity index (χ1n) is 9.75. The van der Waals surface area contributed by atoms with E-state index >= 15 is 0 Å². The van der Waals surface area contributed by atoms with Gasteiger partial charge in [-0.1, -0.05) is 32.0 Å². The lowest BCUT2D eigenvalue weighted by molar-refractivity contribution is 0.100. The number of amides is 1. The number of rotatable bonds is 4. The Morgan fingerprint density at radius 3 is 2.52 bits per heavy atom. The van der Waals surface area contributed by atoms with Gasteiger partial charge in [0.2, 0.25) is 5.95 Å². The average molecular weight is 393 g/mol. The second-order valence-electron chi connectivity index (χ2n) is 7.07. The standard InChI is InChI=1S/C16H20N2.C5H7N5O/c1-3-11-6-5-7-12-10-13(4-2)18(14-8-9-14)16(17)15(11)12;6-3-2(4(7)11)1-9-5(8)10-3/h5-7,10,14,17H,3-4,8-9H2,1-2H3;1H,(H2,7,11)(H4,6,8,9,10). The number of aromatic nitrogens is 3. The van der Waals surface area contributed by atoms with E-state index in [-0.39, 0.29) is 17.3 Å². The summed E-state index contributed by atoms with van der Waals surface area (Å²) in [6.07, 6.45) is 5.68. The van der Waals surface area contributed by atoms with Crippen molar-refractivity contribution in [2.45, 2.75) is 45.6 Å². The van der Waals surface area contributed by atoms with E-state index in [2.05, 4.69) is 52.6 Å². The van der Waals surface area contributed by atoms with E-state index in [0.717, 1.165) is 23.7 Å². The van der Waals surface area contributed by atoms with Crippen molar-refractivity contribution in [3.05, 3.63) is 52.8 Å². The van der Waals surface area contributed by atoms with Gasteiger partial charge in [-0.15, -0.1) is 0 Å². The van der Waals surface area contributed by atoms with Gasteiger partial charge in [-0.2, -0.15) is 4.98 Å². The van der Waals surface area contributed by atoms with Gasteiger partial charge in [-0.3, -0.25) is 10.2 Å². The summed E-state index contributed by atoms with van der Waals surface area (Å²) in [6, 6.07) is 9.28. The number of carbonyl (C=O) groups is 1. The van der Waals surface area contributed by atoms with Crippen molar-refractivity contribution in [2.24, 2.45) is 5.73 Å². The molecule has 1 aromatic carbocycles. The van der Waals surface area contributed by atoms with Crippen molar-refractivity contribution in [3.8, 4) is 0 Å². The monoisotopic (exact) mass is 393 g/mol. The SMILES string of the molecule is CCc1cccc2cc(CC)n(C3CC3)c(=N)c12.NC(=O)c1cnc(N)nc1N. The predicted octanol–water partition coefficient (Wildman–Crippen LogP) is 2.32. The molecule has 1 fully saturated rings. The number of primary amides is 1. The van der Waals surface area contributed by atoms with Crippen LogP contribution in [0.5, 0.6) is 0 Å². The van der Waals surface area contributed by atoms with E-state index in [1.54, 1.807) is 0 Å². The maximum Gasteiger partial charge on any atom is 0.254 e. The van der Waals surface area contributed by atoms with Crippen LogP contribution in [0, 0.1) is 5.41 Å². The topological polar surface area (TPSA) is 150 Å². The fraction of sp³-hybridized carbons (Fsp3) is 0.333. The van der Waals surface area contributed by atoms with Gasteiger partial charge in [0.15, 0.2) is 0 Å². The second-order valence-corrected chi connectivity index (χ2v) is 7.07.